The molecular weight excluding hydrogens is 299 g/mol. The van der Waals surface area contributed by atoms with E-state index in [1.165, 1.54) is 4.57 Å². The van der Waals surface area contributed by atoms with Crippen molar-refractivity contribution in [2.75, 3.05) is 19.6 Å². The lowest BCUT2D eigenvalue weighted by Gasteiger charge is -2.34. The number of pyridine rings is 1. The Balaban J connectivity index is 2.20. The monoisotopic (exact) mass is 324 g/mol. The minimum atomic E-state index is -0.962. The molecule has 2 rings (SSSR count). The molecule has 0 aromatic carbocycles. The Morgan fingerprint density at radius 3 is 2.61 bits per heavy atom. The second-order valence-electron chi connectivity index (χ2n) is 6.85. The predicted octanol–water partition coefficient (Wildman–Crippen LogP) is 1.80. The van der Waals surface area contributed by atoms with Crippen molar-refractivity contribution in [2.24, 2.45) is 13.0 Å². The molecule has 1 atom stereocenters. The number of carboxylic acid groups (broad SMARTS) is 1. The number of halogens is 1. The van der Waals surface area contributed by atoms with E-state index in [1.807, 2.05) is 18.7 Å². The summed E-state index contributed by atoms with van der Waals surface area (Å²) in [4.78, 5) is 25.9. The molecule has 0 amide bonds. The van der Waals surface area contributed by atoms with E-state index in [0.29, 0.717) is 31.5 Å². The highest BCUT2D eigenvalue weighted by Crippen LogP contribution is 2.23. The van der Waals surface area contributed by atoms with Crippen molar-refractivity contribution in [1.82, 2.24) is 9.47 Å². The quantitative estimate of drug-likeness (QED) is 0.831. The molecule has 2 heterocycles. The number of aliphatic carboxylic acids is 1. The average molecular weight is 324 g/mol. The fourth-order valence-corrected chi connectivity index (χ4v) is 3.00. The zero-order chi connectivity index (χ0) is 17.1. The van der Waals surface area contributed by atoms with E-state index < -0.39 is 18.1 Å². The predicted molar refractivity (Wildman–Crippen MR) is 86.6 cm³/mol. The molecule has 0 unspecified atom stereocenters. The van der Waals surface area contributed by atoms with E-state index in [0.717, 1.165) is 12.1 Å². The second kappa shape index (κ2) is 7.25. The van der Waals surface area contributed by atoms with Gasteiger partial charge in [-0.25, -0.2) is 4.39 Å². The average Bonchev–Trinajstić information content (AvgIpc) is 2.43. The summed E-state index contributed by atoms with van der Waals surface area (Å²) in [6, 6.07) is 1.72. The third-order valence-electron chi connectivity index (χ3n) is 4.28. The van der Waals surface area contributed by atoms with E-state index in [1.54, 1.807) is 19.3 Å². The first-order chi connectivity index (χ1) is 10.8. The van der Waals surface area contributed by atoms with Crippen LogP contribution in [0.2, 0.25) is 0 Å². The standard InChI is InChI=1S/C17H25FN2O3/c1-11(2)6-15(17(22)23)14-7-12(8-19(3)16(14)21)4-5-20-9-13(18)10-20/h7-8,11,13,15H,4-6,9-10H2,1-3H3,(H,22,23)/t15-/m0/s1. The number of likely N-dealkylation sites (tertiary alicyclic amines) is 1. The lowest BCUT2D eigenvalue weighted by Crippen LogP contribution is -2.48. The number of nitrogens with zero attached hydrogens (tertiary/aromatic N) is 2. The number of carboxylic acids is 1. The SMILES string of the molecule is CC(C)C[C@H](C(=O)O)c1cc(CCN2CC(F)C2)cn(C)c1=O. The topological polar surface area (TPSA) is 62.5 Å². The van der Waals surface area contributed by atoms with Gasteiger partial charge in [0.25, 0.3) is 5.56 Å². The summed E-state index contributed by atoms with van der Waals surface area (Å²) in [5, 5.41) is 9.48. The Bertz CT molecular complexity index is 621. The number of hydrogen-bond acceptors (Lipinski definition) is 3. The van der Waals surface area contributed by atoms with Gasteiger partial charge in [-0.15, -0.1) is 0 Å². The Hall–Kier alpha value is -1.69. The van der Waals surface area contributed by atoms with Crippen molar-refractivity contribution in [2.45, 2.75) is 38.8 Å². The van der Waals surface area contributed by atoms with Crippen LogP contribution in [-0.2, 0) is 18.3 Å². The van der Waals surface area contributed by atoms with Crippen LogP contribution in [0.3, 0.4) is 0 Å². The molecule has 1 aliphatic rings. The summed E-state index contributed by atoms with van der Waals surface area (Å²) in [7, 11) is 1.64. The van der Waals surface area contributed by atoms with Crippen molar-refractivity contribution in [3.63, 3.8) is 0 Å². The van der Waals surface area contributed by atoms with Gasteiger partial charge in [0.1, 0.15) is 6.17 Å². The summed E-state index contributed by atoms with van der Waals surface area (Å²) >= 11 is 0. The van der Waals surface area contributed by atoms with Crippen molar-refractivity contribution in [3.05, 3.63) is 33.7 Å². The van der Waals surface area contributed by atoms with Gasteiger partial charge < -0.3 is 9.67 Å². The maximum atomic E-state index is 12.8. The maximum absolute atomic E-state index is 12.8. The van der Waals surface area contributed by atoms with Gasteiger partial charge in [-0.05, 0) is 30.4 Å². The normalized spacial score (nSPS) is 17.3. The molecule has 0 spiro atoms. The van der Waals surface area contributed by atoms with Crippen LogP contribution in [0.1, 0.15) is 37.3 Å². The summed E-state index contributed by atoms with van der Waals surface area (Å²) in [6.45, 7) is 5.54. The molecule has 0 radical (unpaired) electrons. The van der Waals surface area contributed by atoms with Crippen molar-refractivity contribution in [3.8, 4) is 0 Å². The molecule has 23 heavy (non-hydrogen) atoms. The minimum absolute atomic E-state index is 0.187. The molecule has 1 N–H and O–H groups in total. The molecule has 128 valence electrons. The molecular formula is C17H25FN2O3. The fraction of sp³-hybridized carbons (Fsp3) is 0.647. The highest BCUT2D eigenvalue weighted by molar-refractivity contribution is 5.76. The van der Waals surface area contributed by atoms with E-state index in [-0.39, 0.29) is 11.5 Å². The number of carbonyl (C=O) groups is 1. The van der Waals surface area contributed by atoms with Gasteiger partial charge >= 0.3 is 5.97 Å². The first kappa shape index (κ1) is 17.7. The molecule has 0 bridgehead atoms. The third kappa shape index (κ3) is 4.41. The molecule has 1 aliphatic heterocycles. The fourth-order valence-electron chi connectivity index (χ4n) is 3.00. The van der Waals surface area contributed by atoms with Gasteiger partial charge in [0.2, 0.25) is 0 Å². The number of rotatable bonds is 7. The molecule has 1 saturated heterocycles. The smallest absolute Gasteiger partial charge is 0.311 e. The molecule has 1 aromatic rings. The Morgan fingerprint density at radius 1 is 1.43 bits per heavy atom. The van der Waals surface area contributed by atoms with Crippen LogP contribution in [0.25, 0.3) is 0 Å². The Kier molecular flexibility index (Phi) is 5.57. The van der Waals surface area contributed by atoms with Crippen LogP contribution < -0.4 is 5.56 Å². The summed E-state index contributed by atoms with van der Waals surface area (Å²) in [5.41, 5.74) is 1.01. The van der Waals surface area contributed by atoms with Gasteiger partial charge in [-0.2, -0.15) is 0 Å². The molecule has 1 aromatic heterocycles. The molecule has 0 aliphatic carbocycles. The van der Waals surface area contributed by atoms with Crippen LogP contribution >= 0.6 is 0 Å². The number of aryl methyl sites for hydroxylation is 1. The van der Waals surface area contributed by atoms with Crippen molar-refractivity contribution >= 4 is 5.97 Å². The second-order valence-corrected chi connectivity index (χ2v) is 6.85. The number of hydrogen-bond donors (Lipinski definition) is 1. The van der Waals surface area contributed by atoms with E-state index in [9.17, 15) is 19.1 Å². The first-order valence-corrected chi connectivity index (χ1v) is 8.06. The van der Waals surface area contributed by atoms with Gasteiger partial charge in [0.15, 0.2) is 0 Å². The third-order valence-corrected chi connectivity index (χ3v) is 4.28. The summed E-state index contributed by atoms with van der Waals surface area (Å²) in [6.07, 6.45) is 2.13. The van der Waals surface area contributed by atoms with E-state index in [4.69, 9.17) is 0 Å². The van der Waals surface area contributed by atoms with E-state index >= 15 is 0 Å². The molecule has 6 heteroatoms. The van der Waals surface area contributed by atoms with E-state index in [2.05, 4.69) is 0 Å². The summed E-state index contributed by atoms with van der Waals surface area (Å²) < 4.78 is 14.3. The van der Waals surface area contributed by atoms with Gasteiger partial charge in [0, 0.05) is 38.4 Å². The van der Waals surface area contributed by atoms with Crippen LogP contribution in [-0.4, -0.2) is 46.3 Å². The zero-order valence-electron chi connectivity index (χ0n) is 14.0. The lowest BCUT2D eigenvalue weighted by atomic mass is 9.90. The molecule has 1 fully saturated rings. The van der Waals surface area contributed by atoms with Crippen LogP contribution in [0.4, 0.5) is 4.39 Å². The largest absolute Gasteiger partial charge is 0.481 e. The number of alkyl halides is 1. The molecule has 5 nitrogen and oxygen atoms in total. The van der Waals surface area contributed by atoms with Crippen molar-refractivity contribution in [1.29, 1.82) is 0 Å². The van der Waals surface area contributed by atoms with Crippen LogP contribution in [0.15, 0.2) is 17.1 Å². The van der Waals surface area contributed by atoms with Gasteiger partial charge in [0.05, 0.1) is 5.92 Å². The van der Waals surface area contributed by atoms with Crippen LogP contribution in [0.5, 0.6) is 0 Å². The van der Waals surface area contributed by atoms with Gasteiger partial charge in [-0.1, -0.05) is 13.8 Å². The molecule has 0 saturated carbocycles. The van der Waals surface area contributed by atoms with Crippen molar-refractivity contribution < 1.29 is 14.3 Å². The number of aromatic nitrogens is 1. The minimum Gasteiger partial charge on any atom is -0.481 e. The maximum Gasteiger partial charge on any atom is 0.311 e. The summed E-state index contributed by atoms with van der Waals surface area (Å²) in [5.74, 6) is -1.56. The highest BCUT2D eigenvalue weighted by atomic mass is 19.1. The Morgan fingerprint density at radius 2 is 2.09 bits per heavy atom. The van der Waals surface area contributed by atoms with Gasteiger partial charge in [-0.3, -0.25) is 14.5 Å². The first-order valence-electron chi connectivity index (χ1n) is 8.06. The zero-order valence-corrected chi connectivity index (χ0v) is 14.0. The highest BCUT2D eigenvalue weighted by Gasteiger charge is 2.27. The lowest BCUT2D eigenvalue weighted by molar-refractivity contribution is -0.139. The Labute approximate surface area is 135 Å². The van der Waals surface area contributed by atoms with Crippen LogP contribution in [0, 0.1) is 5.92 Å².